The van der Waals surface area contributed by atoms with E-state index < -0.39 is 10.8 Å². The van der Waals surface area contributed by atoms with Gasteiger partial charge >= 0.3 is 0 Å². The molecule has 2 nitrogen and oxygen atoms in total. The molecule has 0 aliphatic heterocycles. The molecule has 0 saturated carbocycles. The first-order valence-electron chi connectivity index (χ1n) is 5.52. The molecular formula is C13H18O2S. The minimum atomic E-state index is -1.18. The summed E-state index contributed by atoms with van der Waals surface area (Å²) in [6, 6.07) is 5.70. The van der Waals surface area contributed by atoms with Crippen LogP contribution in [0.5, 0.6) is 0 Å². The Labute approximate surface area is 99.5 Å². The van der Waals surface area contributed by atoms with Crippen LogP contribution in [0.3, 0.4) is 0 Å². The molecule has 3 heteroatoms. The summed E-state index contributed by atoms with van der Waals surface area (Å²) < 4.78 is 11.9. The monoisotopic (exact) mass is 238 g/mol. The number of hydrogen-bond donors (Lipinski definition) is 0. The summed E-state index contributed by atoms with van der Waals surface area (Å²) in [5.74, 6) is 0.232. The zero-order valence-corrected chi connectivity index (χ0v) is 10.9. The SMILES string of the molecule is CCCC(=O)CS(=O)c1ccc(C)c(C)c1. The first kappa shape index (κ1) is 13.1. The van der Waals surface area contributed by atoms with Crippen molar-refractivity contribution in [2.75, 3.05) is 5.75 Å². The highest BCUT2D eigenvalue weighted by atomic mass is 32.2. The lowest BCUT2D eigenvalue weighted by Gasteiger charge is -2.04. The van der Waals surface area contributed by atoms with Crippen LogP contribution < -0.4 is 0 Å². The van der Waals surface area contributed by atoms with Crippen LogP contribution in [0.4, 0.5) is 0 Å². The van der Waals surface area contributed by atoms with E-state index in [1.54, 1.807) is 0 Å². The van der Waals surface area contributed by atoms with E-state index in [2.05, 4.69) is 0 Å². The fourth-order valence-corrected chi connectivity index (χ4v) is 2.57. The van der Waals surface area contributed by atoms with Gasteiger partial charge in [-0.1, -0.05) is 13.0 Å². The van der Waals surface area contributed by atoms with Gasteiger partial charge in [0.2, 0.25) is 0 Å². The maximum absolute atomic E-state index is 11.9. The number of hydrogen-bond acceptors (Lipinski definition) is 2. The highest BCUT2D eigenvalue weighted by molar-refractivity contribution is 7.85. The molecule has 1 atom stereocenters. The average molecular weight is 238 g/mol. The topological polar surface area (TPSA) is 34.1 Å². The minimum absolute atomic E-state index is 0.0825. The van der Waals surface area contributed by atoms with Crippen molar-refractivity contribution in [2.24, 2.45) is 0 Å². The van der Waals surface area contributed by atoms with Crippen LogP contribution in [-0.2, 0) is 15.6 Å². The largest absolute Gasteiger partial charge is 0.299 e. The molecule has 0 fully saturated rings. The fourth-order valence-electron chi connectivity index (χ4n) is 1.44. The first-order chi connectivity index (χ1) is 7.54. The Balaban J connectivity index is 2.73. The summed E-state index contributed by atoms with van der Waals surface area (Å²) in [6.45, 7) is 5.96. The van der Waals surface area contributed by atoms with Gasteiger partial charge in [-0.2, -0.15) is 0 Å². The minimum Gasteiger partial charge on any atom is -0.299 e. The highest BCUT2D eigenvalue weighted by Gasteiger charge is 2.10. The van der Waals surface area contributed by atoms with Gasteiger partial charge in [0.1, 0.15) is 5.78 Å². The number of carbonyl (C=O) groups is 1. The molecular weight excluding hydrogens is 220 g/mol. The second-order valence-electron chi connectivity index (χ2n) is 4.02. The molecule has 16 heavy (non-hydrogen) atoms. The molecule has 1 unspecified atom stereocenters. The number of benzene rings is 1. The number of rotatable bonds is 5. The van der Waals surface area contributed by atoms with Crippen LogP contribution >= 0.6 is 0 Å². The molecule has 88 valence electrons. The Morgan fingerprint density at radius 1 is 1.25 bits per heavy atom. The normalized spacial score (nSPS) is 12.4. The second kappa shape index (κ2) is 5.94. The van der Waals surface area contributed by atoms with Crippen molar-refractivity contribution in [1.82, 2.24) is 0 Å². The van der Waals surface area contributed by atoms with E-state index in [4.69, 9.17) is 0 Å². The van der Waals surface area contributed by atoms with Crippen molar-refractivity contribution in [2.45, 2.75) is 38.5 Å². The molecule has 0 bridgehead atoms. The highest BCUT2D eigenvalue weighted by Crippen LogP contribution is 2.13. The number of aryl methyl sites for hydroxylation is 2. The van der Waals surface area contributed by atoms with Gasteiger partial charge in [-0.25, -0.2) is 0 Å². The van der Waals surface area contributed by atoms with Crippen molar-refractivity contribution >= 4 is 16.6 Å². The lowest BCUT2D eigenvalue weighted by atomic mass is 10.1. The van der Waals surface area contributed by atoms with E-state index >= 15 is 0 Å². The number of carbonyl (C=O) groups excluding carboxylic acids is 1. The summed E-state index contributed by atoms with van der Waals surface area (Å²) in [5.41, 5.74) is 2.30. The lowest BCUT2D eigenvalue weighted by molar-refractivity contribution is -0.116. The predicted octanol–water partition coefficient (Wildman–Crippen LogP) is 2.78. The van der Waals surface area contributed by atoms with E-state index in [-0.39, 0.29) is 11.5 Å². The van der Waals surface area contributed by atoms with Gasteiger partial charge in [-0.05, 0) is 43.5 Å². The van der Waals surface area contributed by atoms with Crippen molar-refractivity contribution in [1.29, 1.82) is 0 Å². The standard InChI is InChI=1S/C13H18O2S/c1-4-5-12(14)9-16(15)13-7-6-10(2)11(3)8-13/h6-8H,4-5,9H2,1-3H3. The molecule has 0 spiro atoms. The van der Waals surface area contributed by atoms with Crippen LogP contribution in [0, 0.1) is 13.8 Å². The van der Waals surface area contributed by atoms with Gasteiger partial charge < -0.3 is 0 Å². The molecule has 1 aromatic rings. The van der Waals surface area contributed by atoms with E-state index in [0.29, 0.717) is 6.42 Å². The van der Waals surface area contributed by atoms with Crippen molar-refractivity contribution in [3.05, 3.63) is 29.3 Å². The summed E-state index contributed by atoms with van der Waals surface area (Å²) in [4.78, 5) is 12.1. The van der Waals surface area contributed by atoms with Crippen molar-refractivity contribution in [3.63, 3.8) is 0 Å². The van der Waals surface area contributed by atoms with E-state index in [1.165, 1.54) is 5.56 Å². The molecule has 0 aromatic heterocycles. The Morgan fingerprint density at radius 2 is 1.94 bits per heavy atom. The van der Waals surface area contributed by atoms with Crippen molar-refractivity contribution in [3.8, 4) is 0 Å². The predicted molar refractivity (Wildman–Crippen MR) is 67.1 cm³/mol. The summed E-state index contributed by atoms with van der Waals surface area (Å²) >= 11 is 0. The molecule has 1 aromatic carbocycles. The average Bonchev–Trinajstić information content (AvgIpc) is 2.22. The number of ketones is 1. The third-order valence-corrected chi connectivity index (χ3v) is 3.93. The molecule has 0 saturated heterocycles. The Hall–Kier alpha value is -0.960. The van der Waals surface area contributed by atoms with Crippen LogP contribution in [0.2, 0.25) is 0 Å². The maximum Gasteiger partial charge on any atom is 0.145 e. The molecule has 0 aliphatic rings. The fraction of sp³-hybridized carbons (Fsp3) is 0.462. The second-order valence-corrected chi connectivity index (χ2v) is 5.48. The van der Waals surface area contributed by atoms with Crippen LogP contribution in [0.25, 0.3) is 0 Å². The summed E-state index contributed by atoms with van der Waals surface area (Å²) in [6.07, 6.45) is 1.35. The molecule has 1 rings (SSSR count). The van der Waals surface area contributed by atoms with E-state index in [1.807, 2.05) is 39.0 Å². The summed E-state index contributed by atoms with van der Waals surface area (Å²) in [5, 5.41) is 0. The first-order valence-corrected chi connectivity index (χ1v) is 6.83. The van der Waals surface area contributed by atoms with Crippen LogP contribution in [0.1, 0.15) is 30.9 Å². The Bertz CT molecular complexity index is 410. The molecule has 0 amide bonds. The molecule has 0 heterocycles. The quantitative estimate of drug-likeness (QED) is 0.790. The van der Waals surface area contributed by atoms with Gasteiger partial charge in [0.05, 0.1) is 16.6 Å². The van der Waals surface area contributed by atoms with Gasteiger partial charge in [-0.3, -0.25) is 9.00 Å². The molecule has 0 N–H and O–H groups in total. The third-order valence-electron chi connectivity index (χ3n) is 2.56. The molecule has 0 radical (unpaired) electrons. The zero-order chi connectivity index (χ0) is 12.1. The number of Topliss-reactive ketones (excluding diaryl/α,β-unsaturated/α-hetero) is 1. The van der Waals surface area contributed by atoms with Crippen molar-refractivity contribution < 1.29 is 9.00 Å². The van der Waals surface area contributed by atoms with E-state index in [0.717, 1.165) is 16.9 Å². The lowest BCUT2D eigenvalue weighted by Crippen LogP contribution is -2.10. The van der Waals surface area contributed by atoms with Crippen LogP contribution in [0.15, 0.2) is 23.1 Å². The molecule has 0 aliphatic carbocycles. The zero-order valence-electron chi connectivity index (χ0n) is 10.1. The Kier molecular flexibility index (Phi) is 4.87. The smallest absolute Gasteiger partial charge is 0.145 e. The van der Waals surface area contributed by atoms with Gasteiger partial charge in [0.25, 0.3) is 0 Å². The van der Waals surface area contributed by atoms with Gasteiger partial charge in [0.15, 0.2) is 0 Å². The van der Waals surface area contributed by atoms with Crippen LogP contribution in [-0.4, -0.2) is 15.7 Å². The third kappa shape index (κ3) is 3.56. The van der Waals surface area contributed by atoms with Gasteiger partial charge in [-0.15, -0.1) is 0 Å². The van der Waals surface area contributed by atoms with Gasteiger partial charge in [0, 0.05) is 11.3 Å². The van der Waals surface area contributed by atoms with E-state index in [9.17, 15) is 9.00 Å². The maximum atomic E-state index is 11.9. The summed E-state index contributed by atoms with van der Waals surface area (Å²) in [7, 11) is -1.18. The Morgan fingerprint density at radius 3 is 2.50 bits per heavy atom.